The summed E-state index contributed by atoms with van der Waals surface area (Å²) in [4.78, 5) is 0. The molecule has 0 bridgehead atoms. The third-order valence-electron chi connectivity index (χ3n) is 2.48. The summed E-state index contributed by atoms with van der Waals surface area (Å²) in [7, 11) is -1.29. The van der Waals surface area contributed by atoms with Crippen LogP contribution in [0.4, 0.5) is 13.2 Å². The Morgan fingerprint density at radius 2 is 1.93 bits per heavy atom. The predicted molar refractivity (Wildman–Crippen MR) is 58.8 cm³/mol. The van der Waals surface area contributed by atoms with Gasteiger partial charge in [0.05, 0.1) is 5.92 Å². The summed E-state index contributed by atoms with van der Waals surface area (Å²) >= 11 is 4.38. The summed E-state index contributed by atoms with van der Waals surface area (Å²) in [6, 6.07) is 0. The van der Waals surface area contributed by atoms with Crippen molar-refractivity contribution in [3.8, 4) is 0 Å². The van der Waals surface area contributed by atoms with Gasteiger partial charge in [-0.15, -0.1) is 20.9 Å². The lowest BCUT2D eigenvalue weighted by atomic mass is 9.99. The van der Waals surface area contributed by atoms with Crippen LogP contribution in [0.15, 0.2) is 0 Å². The molecule has 1 aliphatic heterocycles. The number of halogens is 3. The van der Waals surface area contributed by atoms with Crippen LogP contribution in [0, 0.1) is 5.92 Å². The molecule has 0 aromatic rings. The molecule has 1 aliphatic rings. The van der Waals surface area contributed by atoms with Crippen LogP contribution in [-0.4, -0.2) is 36.1 Å². The first-order valence-electron chi connectivity index (χ1n) is 4.49. The summed E-state index contributed by atoms with van der Waals surface area (Å²) in [5.41, 5.74) is 0. The highest BCUT2D eigenvalue weighted by Crippen LogP contribution is 2.51. The van der Waals surface area contributed by atoms with Crippen LogP contribution >= 0.6 is 20.9 Å². The van der Waals surface area contributed by atoms with E-state index in [0.717, 1.165) is 6.54 Å². The number of hydrogen-bond acceptors (Lipinski definition) is 2. The van der Waals surface area contributed by atoms with Crippen molar-refractivity contribution in [2.45, 2.75) is 19.0 Å². The highest BCUT2D eigenvalue weighted by atomic mass is 33.1. The summed E-state index contributed by atoms with van der Waals surface area (Å²) in [6.45, 7) is 0.869. The van der Waals surface area contributed by atoms with E-state index in [1.807, 2.05) is 16.8 Å². The largest absolute Gasteiger partial charge is 0.393 e. The number of nitrogens with zero attached hydrogens (tertiary/aromatic N) is 1. The van der Waals surface area contributed by atoms with Gasteiger partial charge in [0.2, 0.25) is 0 Å². The number of thiol groups is 1. The van der Waals surface area contributed by atoms with Gasteiger partial charge in [-0.1, -0.05) is 0 Å². The number of alkyl halides is 3. The van der Waals surface area contributed by atoms with Gasteiger partial charge >= 0.3 is 6.18 Å². The van der Waals surface area contributed by atoms with Crippen LogP contribution in [0.5, 0.6) is 0 Å². The van der Waals surface area contributed by atoms with Crippen LogP contribution in [-0.2, 0) is 0 Å². The van der Waals surface area contributed by atoms with Gasteiger partial charge in [0.15, 0.2) is 0 Å². The first kappa shape index (κ1) is 12.5. The molecular formula is C8H16F3NS2. The SMILES string of the molecule is CS(C)(S)N1CCCC(C(F)(F)F)C1. The fourth-order valence-corrected chi connectivity index (χ4v) is 3.18. The molecular weight excluding hydrogens is 231 g/mol. The summed E-state index contributed by atoms with van der Waals surface area (Å²) in [5, 5.41) is 0. The highest BCUT2D eigenvalue weighted by molar-refractivity contribution is 8.86. The Bertz CT molecular complexity index is 180. The molecule has 0 saturated carbocycles. The van der Waals surface area contributed by atoms with E-state index in [9.17, 15) is 13.2 Å². The minimum absolute atomic E-state index is 0.120. The van der Waals surface area contributed by atoms with Crippen LogP contribution in [0.2, 0.25) is 0 Å². The molecule has 86 valence electrons. The van der Waals surface area contributed by atoms with Crippen molar-refractivity contribution < 1.29 is 13.2 Å². The van der Waals surface area contributed by atoms with Crippen molar-refractivity contribution in [3.05, 3.63) is 0 Å². The van der Waals surface area contributed by atoms with Gasteiger partial charge in [-0.3, -0.25) is 4.31 Å². The minimum Gasteiger partial charge on any atom is -0.259 e. The fourth-order valence-electron chi connectivity index (χ4n) is 1.62. The van der Waals surface area contributed by atoms with Gasteiger partial charge in [-0.25, -0.2) is 0 Å². The Balaban J connectivity index is 2.61. The van der Waals surface area contributed by atoms with E-state index in [1.165, 1.54) is 0 Å². The van der Waals surface area contributed by atoms with Crippen molar-refractivity contribution in [3.63, 3.8) is 0 Å². The standard InChI is InChI=1S/C8H16F3NS2/c1-14(2,13)12-5-3-4-7(6-12)8(9,10)11/h7,13H,3-6H2,1-2H3. The molecule has 1 nitrogen and oxygen atoms in total. The third kappa shape index (κ3) is 3.24. The average Bonchev–Trinajstić information content (AvgIpc) is 2.01. The van der Waals surface area contributed by atoms with E-state index in [-0.39, 0.29) is 13.0 Å². The quantitative estimate of drug-likeness (QED) is 0.550. The van der Waals surface area contributed by atoms with E-state index < -0.39 is 21.3 Å². The molecule has 1 saturated heterocycles. The molecule has 1 atom stereocenters. The predicted octanol–water partition coefficient (Wildman–Crippen LogP) is 3.08. The molecule has 0 aromatic carbocycles. The molecule has 1 fully saturated rings. The monoisotopic (exact) mass is 247 g/mol. The van der Waals surface area contributed by atoms with Crippen LogP contribution < -0.4 is 0 Å². The van der Waals surface area contributed by atoms with Gasteiger partial charge in [0.25, 0.3) is 0 Å². The van der Waals surface area contributed by atoms with Gasteiger partial charge in [-0.2, -0.15) is 13.2 Å². The fraction of sp³-hybridized carbons (Fsp3) is 1.00. The second-order valence-electron chi connectivity index (χ2n) is 3.99. The second kappa shape index (κ2) is 4.14. The smallest absolute Gasteiger partial charge is 0.259 e. The molecule has 0 aliphatic carbocycles. The zero-order valence-electron chi connectivity index (χ0n) is 8.34. The minimum atomic E-state index is -4.04. The van der Waals surface area contributed by atoms with Crippen molar-refractivity contribution >= 4 is 20.9 Å². The van der Waals surface area contributed by atoms with Crippen LogP contribution in [0.1, 0.15) is 12.8 Å². The zero-order chi connectivity index (χ0) is 11.0. The van der Waals surface area contributed by atoms with E-state index >= 15 is 0 Å². The number of rotatable bonds is 1. The molecule has 1 unspecified atom stereocenters. The summed E-state index contributed by atoms with van der Waals surface area (Å²) < 4.78 is 39.3. The summed E-state index contributed by atoms with van der Waals surface area (Å²) in [5.74, 6) is -1.16. The Labute approximate surface area is 89.3 Å². The lowest BCUT2D eigenvalue weighted by Crippen LogP contribution is -2.41. The summed E-state index contributed by atoms with van der Waals surface area (Å²) in [6.07, 6.45) is 0.672. The van der Waals surface area contributed by atoms with Gasteiger partial charge in [-0.05, 0) is 25.4 Å². The van der Waals surface area contributed by atoms with Crippen molar-refractivity contribution in [2.75, 3.05) is 25.6 Å². The highest BCUT2D eigenvalue weighted by Gasteiger charge is 2.43. The maximum absolute atomic E-state index is 12.5. The molecule has 1 rings (SSSR count). The number of piperidine rings is 1. The maximum atomic E-state index is 12.5. The third-order valence-corrected chi connectivity index (χ3v) is 4.77. The van der Waals surface area contributed by atoms with E-state index in [1.54, 1.807) is 0 Å². The lowest BCUT2D eigenvalue weighted by Gasteiger charge is -2.44. The van der Waals surface area contributed by atoms with E-state index in [2.05, 4.69) is 11.7 Å². The Morgan fingerprint density at radius 1 is 1.36 bits per heavy atom. The second-order valence-corrected chi connectivity index (χ2v) is 9.63. The van der Waals surface area contributed by atoms with E-state index in [4.69, 9.17) is 0 Å². The Kier molecular flexibility index (Phi) is 3.70. The van der Waals surface area contributed by atoms with Gasteiger partial charge < -0.3 is 0 Å². The molecule has 0 amide bonds. The molecule has 1 heterocycles. The zero-order valence-corrected chi connectivity index (χ0v) is 10.1. The molecule has 6 heteroatoms. The van der Waals surface area contributed by atoms with Crippen molar-refractivity contribution in [2.24, 2.45) is 5.92 Å². The number of hydrogen-bond donors (Lipinski definition) is 1. The topological polar surface area (TPSA) is 3.24 Å². The lowest BCUT2D eigenvalue weighted by molar-refractivity contribution is -0.182. The van der Waals surface area contributed by atoms with Crippen LogP contribution in [0.25, 0.3) is 0 Å². The van der Waals surface area contributed by atoms with E-state index in [0.29, 0.717) is 6.42 Å². The van der Waals surface area contributed by atoms with Gasteiger partial charge in [0.1, 0.15) is 0 Å². The van der Waals surface area contributed by atoms with Gasteiger partial charge in [0, 0.05) is 13.1 Å². The maximum Gasteiger partial charge on any atom is 0.393 e. The van der Waals surface area contributed by atoms with Crippen LogP contribution in [0.3, 0.4) is 0 Å². The molecule has 14 heavy (non-hydrogen) atoms. The average molecular weight is 247 g/mol. The van der Waals surface area contributed by atoms with Crippen molar-refractivity contribution in [1.82, 2.24) is 4.31 Å². The first-order chi connectivity index (χ1) is 6.21. The molecule has 0 radical (unpaired) electrons. The molecule has 0 N–H and O–H groups in total. The Morgan fingerprint density at radius 3 is 2.36 bits per heavy atom. The van der Waals surface area contributed by atoms with Crippen molar-refractivity contribution in [1.29, 1.82) is 0 Å². The molecule has 0 spiro atoms. The first-order valence-corrected chi connectivity index (χ1v) is 7.94. The Hall–Kier alpha value is 0.450. The normalized spacial score (nSPS) is 27.7. The molecule has 0 aromatic heterocycles.